The first-order chi connectivity index (χ1) is 12.4. The normalized spacial score (nSPS) is 14.4. The van der Waals surface area contributed by atoms with Crippen LogP contribution in [0.2, 0.25) is 0 Å². The lowest BCUT2D eigenvalue weighted by atomic mass is 10.1. The molecule has 1 fully saturated rings. The second-order valence-electron chi connectivity index (χ2n) is 5.90. The third kappa shape index (κ3) is 3.41. The van der Waals surface area contributed by atoms with Gasteiger partial charge in [0, 0.05) is 31.7 Å². The molecular formula is C17H16FN3O5. The van der Waals surface area contributed by atoms with Crippen molar-refractivity contribution < 1.29 is 23.3 Å². The molecule has 1 amide bonds. The van der Waals surface area contributed by atoms with Crippen molar-refractivity contribution in [1.82, 2.24) is 4.90 Å². The molecule has 1 saturated heterocycles. The first kappa shape index (κ1) is 17.6. The summed E-state index contributed by atoms with van der Waals surface area (Å²) < 4.78 is 19.2. The fraction of sp³-hybridized carbons (Fsp3) is 0.294. The van der Waals surface area contributed by atoms with Gasteiger partial charge in [-0.15, -0.1) is 0 Å². The van der Waals surface area contributed by atoms with Crippen LogP contribution in [0.3, 0.4) is 0 Å². The number of Topliss-reactive ketones (excluding diaryl/α,β-unsaturated/α-hetero) is 1. The molecule has 0 radical (unpaired) electrons. The Morgan fingerprint density at radius 1 is 1.15 bits per heavy atom. The summed E-state index contributed by atoms with van der Waals surface area (Å²) in [7, 11) is 0. The van der Waals surface area contributed by atoms with Gasteiger partial charge in [0.2, 0.25) is 0 Å². The number of furan rings is 1. The van der Waals surface area contributed by atoms with Crippen molar-refractivity contribution in [3.8, 4) is 0 Å². The lowest BCUT2D eigenvalue weighted by Gasteiger charge is -2.35. The molecule has 8 nitrogen and oxygen atoms in total. The Bertz CT molecular complexity index is 871. The van der Waals surface area contributed by atoms with Gasteiger partial charge in [0.1, 0.15) is 10.7 Å². The Morgan fingerprint density at radius 3 is 2.38 bits per heavy atom. The monoisotopic (exact) mass is 361 g/mol. The van der Waals surface area contributed by atoms with Crippen molar-refractivity contribution in [2.75, 3.05) is 31.1 Å². The first-order valence-corrected chi connectivity index (χ1v) is 7.96. The van der Waals surface area contributed by atoms with Crippen molar-refractivity contribution in [2.45, 2.75) is 6.92 Å². The lowest BCUT2D eigenvalue weighted by molar-refractivity contribution is -0.402. The third-order valence-electron chi connectivity index (χ3n) is 4.24. The second kappa shape index (κ2) is 6.95. The van der Waals surface area contributed by atoms with Crippen molar-refractivity contribution in [1.29, 1.82) is 0 Å². The van der Waals surface area contributed by atoms with E-state index in [4.69, 9.17) is 4.42 Å². The highest BCUT2D eigenvalue weighted by Gasteiger charge is 2.27. The molecule has 0 bridgehead atoms. The number of carbonyl (C=O) groups excluding carboxylic acids is 2. The lowest BCUT2D eigenvalue weighted by Crippen LogP contribution is -2.49. The standard InChI is InChI=1S/C17H16FN3O5/c1-11(22)12-2-3-14(13(18)10-12)19-6-8-20(9-7-19)17(23)15-4-5-16(26-15)21(24)25/h2-5,10H,6-9H2,1H3. The molecule has 9 heteroatoms. The maximum absolute atomic E-state index is 14.2. The summed E-state index contributed by atoms with van der Waals surface area (Å²) in [6.45, 7) is 2.80. The molecule has 1 aromatic carbocycles. The minimum atomic E-state index is -0.706. The molecule has 1 aliphatic rings. The van der Waals surface area contributed by atoms with Crippen LogP contribution in [0, 0.1) is 15.9 Å². The number of anilines is 1. The van der Waals surface area contributed by atoms with Gasteiger partial charge in [0.15, 0.2) is 11.5 Å². The zero-order valence-corrected chi connectivity index (χ0v) is 14.0. The van der Waals surface area contributed by atoms with Gasteiger partial charge in [-0.1, -0.05) is 0 Å². The van der Waals surface area contributed by atoms with Crippen molar-refractivity contribution in [2.24, 2.45) is 0 Å². The Morgan fingerprint density at radius 2 is 1.85 bits per heavy atom. The maximum atomic E-state index is 14.2. The van der Waals surface area contributed by atoms with Crippen LogP contribution in [0.25, 0.3) is 0 Å². The van der Waals surface area contributed by atoms with Crippen molar-refractivity contribution >= 4 is 23.3 Å². The topological polar surface area (TPSA) is 96.9 Å². The van der Waals surface area contributed by atoms with Crippen LogP contribution in [-0.4, -0.2) is 47.7 Å². The Balaban J connectivity index is 1.66. The summed E-state index contributed by atoms with van der Waals surface area (Å²) in [5.41, 5.74) is 0.676. The number of amides is 1. The summed E-state index contributed by atoms with van der Waals surface area (Å²) >= 11 is 0. The summed E-state index contributed by atoms with van der Waals surface area (Å²) in [5.74, 6) is -1.72. The molecule has 0 spiro atoms. The van der Waals surface area contributed by atoms with E-state index in [-0.39, 0.29) is 11.5 Å². The Hall–Kier alpha value is -3.23. The quantitative estimate of drug-likeness (QED) is 0.471. The SMILES string of the molecule is CC(=O)c1ccc(N2CCN(C(=O)c3ccc([N+](=O)[O-])o3)CC2)c(F)c1. The largest absolute Gasteiger partial charge is 0.433 e. The van der Waals surface area contributed by atoms with Crippen LogP contribution < -0.4 is 4.90 Å². The fourth-order valence-corrected chi connectivity index (χ4v) is 2.83. The summed E-state index contributed by atoms with van der Waals surface area (Å²) in [6.07, 6.45) is 0. The molecule has 0 N–H and O–H groups in total. The highest BCUT2D eigenvalue weighted by atomic mass is 19.1. The fourth-order valence-electron chi connectivity index (χ4n) is 2.83. The average Bonchev–Trinajstić information content (AvgIpc) is 3.11. The second-order valence-corrected chi connectivity index (χ2v) is 5.90. The van der Waals surface area contributed by atoms with Crippen LogP contribution in [0.15, 0.2) is 34.7 Å². The number of hydrogen-bond donors (Lipinski definition) is 0. The zero-order chi connectivity index (χ0) is 18.8. The molecule has 0 saturated carbocycles. The number of carbonyl (C=O) groups is 2. The number of benzene rings is 1. The molecule has 1 aromatic heterocycles. The zero-order valence-electron chi connectivity index (χ0n) is 14.0. The summed E-state index contributed by atoms with van der Waals surface area (Å²) in [6, 6.07) is 6.74. The molecule has 0 atom stereocenters. The van der Waals surface area contributed by atoms with Crippen molar-refractivity contribution in [3.05, 3.63) is 57.6 Å². The van der Waals surface area contributed by atoms with Crippen LogP contribution in [0.4, 0.5) is 16.0 Å². The van der Waals surface area contributed by atoms with E-state index < -0.39 is 22.5 Å². The van der Waals surface area contributed by atoms with Gasteiger partial charge in [0.05, 0.1) is 11.8 Å². The van der Waals surface area contributed by atoms with Gasteiger partial charge in [-0.25, -0.2) is 4.39 Å². The number of ketones is 1. The van der Waals surface area contributed by atoms with Crippen molar-refractivity contribution in [3.63, 3.8) is 0 Å². The average molecular weight is 361 g/mol. The highest BCUT2D eigenvalue weighted by molar-refractivity contribution is 5.94. The molecule has 0 aliphatic carbocycles. The van der Waals surface area contributed by atoms with Gasteiger partial charge < -0.3 is 14.2 Å². The van der Waals surface area contributed by atoms with E-state index in [2.05, 4.69) is 0 Å². The van der Waals surface area contributed by atoms with E-state index in [9.17, 15) is 24.1 Å². The molecule has 26 heavy (non-hydrogen) atoms. The summed E-state index contributed by atoms with van der Waals surface area (Å²) in [4.78, 5) is 36.9. The number of hydrogen-bond acceptors (Lipinski definition) is 6. The van der Waals surface area contributed by atoms with E-state index >= 15 is 0 Å². The van der Waals surface area contributed by atoms with E-state index in [1.54, 1.807) is 17.0 Å². The van der Waals surface area contributed by atoms with Crippen LogP contribution in [0.1, 0.15) is 27.8 Å². The Labute approximate surface area is 147 Å². The smallest absolute Gasteiger partial charge is 0.395 e. The number of halogens is 1. The number of nitrogens with zero attached hydrogens (tertiary/aromatic N) is 3. The molecule has 1 aliphatic heterocycles. The van der Waals surface area contributed by atoms with Gasteiger partial charge in [-0.05, 0) is 31.2 Å². The minimum absolute atomic E-state index is 0.0952. The number of nitro groups is 1. The van der Waals surface area contributed by atoms with E-state index in [1.165, 1.54) is 24.0 Å². The van der Waals surface area contributed by atoms with E-state index in [0.29, 0.717) is 37.4 Å². The maximum Gasteiger partial charge on any atom is 0.433 e. The summed E-state index contributed by atoms with van der Waals surface area (Å²) in [5, 5.41) is 10.6. The van der Waals surface area contributed by atoms with Crippen LogP contribution in [0.5, 0.6) is 0 Å². The molecular weight excluding hydrogens is 345 g/mol. The number of piperazine rings is 1. The van der Waals surface area contributed by atoms with Gasteiger partial charge in [0.25, 0.3) is 5.91 Å². The molecule has 0 unspecified atom stereocenters. The van der Waals surface area contributed by atoms with Gasteiger partial charge in [-0.3, -0.25) is 19.7 Å². The molecule has 2 heterocycles. The first-order valence-electron chi connectivity index (χ1n) is 7.96. The predicted octanol–water partition coefficient (Wildman–Crippen LogP) is 2.49. The third-order valence-corrected chi connectivity index (χ3v) is 4.24. The predicted molar refractivity (Wildman–Crippen MR) is 89.9 cm³/mol. The van der Waals surface area contributed by atoms with E-state index in [1.807, 2.05) is 0 Å². The van der Waals surface area contributed by atoms with Crippen LogP contribution >= 0.6 is 0 Å². The van der Waals surface area contributed by atoms with Crippen LogP contribution in [-0.2, 0) is 0 Å². The molecule has 3 rings (SSSR count). The number of rotatable bonds is 4. The minimum Gasteiger partial charge on any atom is -0.395 e. The molecule has 2 aromatic rings. The van der Waals surface area contributed by atoms with E-state index in [0.717, 1.165) is 6.07 Å². The van der Waals surface area contributed by atoms with Gasteiger partial charge in [-0.2, -0.15) is 0 Å². The molecule has 136 valence electrons. The highest BCUT2D eigenvalue weighted by Crippen LogP contribution is 2.23. The Kier molecular flexibility index (Phi) is 4.70. The van der Waals surface area contributed by atoms with Gasteiger partial charge >= 0.3 is 5.88 Å².